The smallest absolute Gasteiger partial charge is 0.239 e. The third kappa shape index (κ3) is 3.48. The second-order valence-electron chi connectivity index (χ2n) is 7.71. The first kappa shape index (κ1) is 16.3. The third-order valence-corrected chi connectivity index (χ3v) is 6.13. The molecule has 2 heterocycles. The minimum absolute atomic E-state index is 0.188. The lowest BCUT2D eigenvalue weighted by Gasteiger charge is -2.43. The molecule has 0 radical (unpaired) electrons. The number of carbonyl (C=O) groups excluding carboxylic acids is 1. The molecule has 1 saturated carbocycles. The summed E-state index contributed by atoms with van der Waals surface area (Å²) < 4.78 is 0. The minimum Gasteiger partial charge on any atom is -0.341 e. The maximum absolute atomic E-state index is 13.1. The van der Waals surface area contributed by atoms with E-state index in [2.05, 4.69) is 28.8 Å². The Morgan fingerprint density at radius 2 is 1.50 bits per heavy atom. The molecule has 3 fully saturated rings. The lowest BCUT2D eigenvalue weighted by Crippen LogP contribution is -2.56. The molecule has 1 atom stereocenters. The first-order valence-electron chi connectivity index (χ1n) is 9.38. The van der Waals surface area contributed by atoms with Gasteiger partial charge in [-0.2, -0.15) is 0 Å². The summed E-state index contributed by atoms with van der Waals surface area (Å²) in [4.78, 5) is 20.1. The van der Waals surface area contributed by atoms with Gasteiger partial charge in [0.15, 0.2) is 0 Å². The molecule has 0 spiro atoms. The van der Waals surface area contributed by atoms with Gasteiger partial charge in [-0.3, -0.25) is 9.69 Å². The topological polar surface area (TPSA) is 26.8 Å². The summed E-state index contributed by atoms with van der Waals surface area (Å²) in [6.45, 7) is 3.06. The largest absolute Gasteiger partial charge is 0.341 e. The van der Waals surface area contributed by atoms with Gasteiger partial charge in [-0.25, -0.2) is 0 Å². The quantitative estimate of drug-likeness (QED) is 0.801. The van der Waals surface area contributed by atoms with Gasteiger partial charge in [0.05, 0.1) is 6.04 Å². The molecule has 2 saturated heterocycles. The monoisotopic (exact) mass is 307 g/mol. The van der Waals surface area contributed by atoms with Crippen LogP contribution in [0.3, 0.4) is 0 Å². The molecule has 3 rings (SSSR count). The molecule has 0 N–H and O–H groups in total. The van der Waals surface area contributed by atoms with Crippen molar-refractivity contribution in [1.82, 2.24) is 14.7 Å². The maximum Gasteiger partial charge on any atom is 0.239 e. The molecule has 3 aliphatic rings. The van der Waals surface area contributed by atoms with Crippen LogP contribution in [0.1, 0.15) is 57.8 Å². The summed E-state index contributed by atoms with van der Waals surface area (Å²) in [7, 11) is 4.32. The highest BCUT2D eigenvalue weighted by Crippen LogP contribution is 2.30. The van der Waals surface area contributed by atoms with E-state index in [-0.39, 0.29) is 6.04 Å². The minimum atomic E-state index is 0.188. The van der Waals surface area contributed by atoms with Gasteiger partial charge in [0.1, 0.15) is 0 Å². The zero-order chi connectivity index (χ0) is 15.5. The standard InChI is InChI=1S/C18H33N3O/c1-19(2)15-10-13-20(14-11-15)18(22)17-9-5-6-12-21(17)16-7-3-4-8-16/h15-17H,3-14H2,1-2H3/t17-/m0/s1. The molecule has 0 unspecified atom stereocenters. The van der Waals surface area contributed by atoms with Crippen LogP contribution >= 0.6 is 0 Å². The maximum atomic E-state index is 13.1. The first-order chi connectivity index (χ1) is 10.7. The predicted molar refractivity (Wildman–Crippen MR) is 89.9 cm³/mol. The molecular formula is C18H33N3O. The fraction of sp³-hybridized carbons (Fsp3) is 0.944. The highest BCUT2D eigenvalue weighted by Gasteiger charge is 2.37. The predicted octanol–water partition coefficient (Wildman–Crippen LogP) is 2.34. The Kier molecular flexibility index (Phi) is 5.40. The number of hydrogen-bond donors (Lipinski definition) is 0. The van der Waals surface area contributed by atoms with E-state index in [4.69, 9.17) is 0 Å². The summed E-state index contributed by atoms with van der Waals surface area (Å²) >= 11 is 0. The van der Waals surface area contributed by atoms with Gasteiger partial charge in [0.25, 0.3) is 0 Å². The van der Waals surface area contributed by atoms with Crippen molar-refractivity contribution in [2.75, 3.05) is 33.7 Å². The van der Waals surface area contributed by atoms with Crippen molar-refractivity contribution in [3.8, 4) is 0 Å². The summed E-state index contributed by atoms with van der Waals surface area (Å²) in [6.07, 6.45) is 11.2. The van der Waals surface area contributed by atoms with Crippen molar-refractivity contribution in [1.29, 1.82) is 0 Å². The Balaban J connectivity index is 1.60. The fourth-order valence-electron chi connectivity index (χ4n) is 4.71. The summed E-state index contributed by atoms with van der Waals surface area (Å²) in [5.74, 6) is 0.434. The number of nitrogens with zero attached hydrogens (tertiary/aromatic N) is 3. The number of amides is 1. The molecule has 0 aromatic carbocycles. The van der Waals surface area contributed by atoms with E-state index in [1.807, 2.05) is 0 Å². The molecule has 1 aliphatic carbocycles. The van der Waals surface area contributed by atoms with Gasteiger partial charge in [-0.1, -0.05) is 19.3 Å². The Hall–Kier alpha value is -0.610. The lowest BCUT2D eigenvalue weighted by molar-refractivity contribution is -0.141. The summed E-state index contributed by atoms with van der Waals surface area (Å²) in [5.41, 5.74) is 0. The van der Waals surface area contributed by atoms with Gasteiger partial charge in [-0.15, -0.1) is 0 Å². The van der Waals surface area contributed by atoms with Crippen LogP contribution in [0.4, 0.5) is 0 Å². The van der Waals surface area contributed by atoms with Crippen molar-refractivity contribution in [3.63, 3.8) is 0 Å². The van der Waals surface area contributed by atoms with Crippen LogP contribution in [0.25, 0.3) is 0 Å². The average molecular weight is 307 g/mol. The Morgan fingerprint density at radius 1 is 0.864 bits per heavy atom. The van der Waals surface area contributed by atoms with E-state index in [0.29, 0.717) is 18.0 Å². The van der Waals surface area contributed by atoms with E-state index < -0.39 is 0 Å². The van der Waals surface area contributed by atoms with Crippen molar-refractivity contribution >= 4 is 5.91 Å². The summed E-state index contributed by atoms with van der Waals surface area (Å²) in [6, 6.07) is 1.53. The second-order valence-corrected chi connectivity index (χ2v) is 7.71. The third-order valence-electron chi connectivity index (χ3n) is 6.13. The average Bonchev–Trinajstić information content (AvgIpc) is 3.08. The number of rotatable bonds is 3. The molecule has 2 aliphatic heterocycles. The Labute approximate surface area is 135 Å². The molecule has 4 heteroatoms. The number of hydrogen-bond acceptors (Lipinski definition) is 3. The molecule has 0 aromatic rings. The second kappa shape index (κ2) is 7.31. The van der Waals surface area contributed by atoms with Crippen LogP contribution in [0, 0.1) is 0 Å². The van der Waals surface area contributed by atoms with Gasteiger partial charge in [0, 0.05) is 25.2 Å². The van der Waals surface area contributed by atoms with Crippen LogP contribution in [-0.4, -0.2) is 72.5 Å². The molecule has 126 valence electrons. The van der Waals surface area contributed by atoms with Gasteiger partial charge in [0.2, 0.25) is 5.91 Å². The van der Waals surface area contributed by atoms with Gasteiger partial charge in [-0.05, 0) is 59.2 Å². The van der Waals surface area contributed by atoms with Crippen molar-refractivity contribution in [2.45, 2.75) is 75.9 Å². The molecule has 0 aromatic heterocycles. The molecule has 22 heavy (non-hydrogen) atoms. The van der Waals surface area contributed by atoms with Crippen LogP contribution in [0.5, 0.6) is 0 Å². The number of piperidine rings is 2. The van der Waals surface area contributed by atoms with Crippen LogP contribution in [0.15, 0.2) is 0 Å². The van der Waals surface area contributed by atoms with E-state index in [0.717, 1.165) is 38.9 Å². The van der Waals surface area contributed by atoms with Crippen LogP contribution < -0.4 is 0 Å². The first-order valence-corrected chi connectivity index (χ1v) is 9.38. The normalized spacial score (nSPS) is 29.4. The van der Waals surface area contributed by atoms with Gasteiger partial charge >= 0.3 is 0 Å². The zero-order valence-electron chi connectivity index (χ0n) is 14.5. The Morgan fingerprint density at radius 3 is 2.14 bits per heavy atom. The van der Waals surface area contributed by atoms with Gasteiger partial charge < -0.3 is 9.80 Å². The van der Waals surface area contributed by atoms with Crippen LogP contribution in [-0.2, 0) is 4.79 Å². The highest BCUT2D eigenvalue weighted by molar-refractivity contribution is 5.82. The van der Waals surface area contributed by atoms with Crippen molar-refractivity contribution in [3.05, 3.63) is 0 Å². The Bertz CT molecular complexity index is 371. The van der Waals surface area contributed by atoms with Crippen molar-refractivity contribution < 1.29 is 4.79 Å². The molecular weight excluding hydrogens is 274 g/mol. The highest BCUT2D eigenvalue weighted by atomic mass is 16.2. The lowest BCUT2D eigenvalue weighted by atomic mass is 9.96. The number of carbonyl (C=O) groups is 1. The molecule has 4 nitrogen and oxygen atoms in total. The molecule has 1 amide bonds. The van der Waals surface area contributed by atoms with E-state index in [1.165, 1.54) is 38.5 Å². The SMILES string of the molecule is CN(C)C1CCN(C(=O)[C@@H]2CCCCN2C2CCCC2)CC1. The van der Waals surface area contributed by atoms with E-state index in [9.17, 15) is 4.79 Å². The van der Waals surface area contributed by atoms with Crippen molar-refractivity contribution in [2.24, 2.45) is 0 Å². The number of likely N-dealkylation sites (tertiary alicyclic amines) is 2. The van der Waals surface area contributed by atoms with E-state index in [1.54, 1.807) is 0 Å². The summed E-state index contributed by atoms with van der Waals surface area (Å²) in [5, 5.41) is 0. The zero-order valence-corrected chi connectivity index (χ0v) is 14.5. The molecule has 0 bridgehead atoms. The van der Waals surface area contributed by atoms with Crippen LogP contribution in [0.2, 0.25) is 0 Å². The van der Waals surface area contributed by atoms with E-state index >= 15 is 0 Å². The fourth-order valence-corrected chi connectivity index (χ4v) is 4.71.